The van der Waals surface area contributed by atoms with Crippen molar-refractivity contribution >= 4 is 23.0 Å². The lowest BCUT2D eigenvalue weighted by molar-refractivity contribution is -0.383. The summed E-state index contributed by atoms with van der Waals surface area (Å²) in [5.41, 5.74) is 6.24. The van der Waals surface area contributed by atoms with Gasteiger partial charge in [-0.1, -0.05) is 0 Å². The molecule has 1 aromatic carbocycles. The second-order valence-corrected chi connectivity index (χ2v) is 3.87. The van der Waals surface area contributed by atoms with Crippen molar-refractivity contribution < 1.29 is 14.5 Å². The summed E-state index contributed by atoms with van der Waals surface area (Å²) in [6, 6.07) is 4.43. The number of anilines is 2. The van der Waals surface area contributed by atoms with Crippen LogP contribution in [0.5, 0.6) is 0 Å². The fraction of sp³-hybridized carbons (Fsp3) is 0.417. The lowest BCUT2D eigenvalue weighted by Crippen LogP contribution is -2.08. The number of carbonyl (C=O) groups excluding carboxylic acids is 1. The molecule has 0 radical (unpaired) electrons. The molecule has 104 valence electrons. The van der Waals surface area contributed by atoms with E-state index in [-0.39, 0.29) is 17.3 Å². The van der Waals surface area contributed by atoms with Gasteiger partial charge in [-0.3, -0.25) is 14.9 Å². The molecule has 0 saturated heterocycles. The Balaban J connectivity index is 2.40. The molecule has 1 rings (SSSR count). The number of nitro groups is 1. The first kappa shape index (κ1) is 14.7. The van der Waals surface area contributed by atoms with E-state index in [1.54, 1.807) is 13.0 Å². The first-order valence-corrected chi connectivity index (χ1v) is 5.98. The second kappa shape index (κ2) is 7.20. The fourth-order valence-electron chi connectivity index (χ4n) is 1.53. The van der Waals surface area contributed by atoms with E-state index in [4.69, 9.17) is 10.5 Å². The molecule has 0 spiro atoms. The van der Waals surface area contributed by atoms with Crippen molar-refractivity contribution in [2.75, 3.05) is 24.2 Å². The summed E-state index contributed by atoms with van der Waals surface area (Å²) in [7, 11) is 0. The predicted molar refractivity (Wildman–Crippen MR) is 71.9 cm³/mol. The molecule has 7 heteroatoms. The van der Waals surface area contributed by atoms with Gasteiger partial charge in [0.1, 0.15) is 5.69 Å². The van der Waals surface area contributed by atoms with Crippen LogP contribution in [0.15, 0.2) is 18.2 Å². The van der Waals surface area contributed by atoms with Gasteiger partial charge in [-0.05, 0) is 25.5 Å². The van der Waals surface area contributed by atoms with Gasteiger partial charge in [-0.2, -0.15) is 0 Å². The number of nitrogens with two attached hydrogens (primary N) is 1. The Labute approximate surface area is 110 Å². The largest absolute Gasteiger partial charge is 0.466 e. The van der Waals surface area contributed by atoms with Crippen molar-refractivity contribution in [3.05, 3.63) is 28.3 Å². The van der Waals surface area contributed by atoms with E-state index < -0.39 is 4.92 Å². The van der Waals surface area contributed by atoms with Gasteiger partial charge in [-0.15, -0.1) is 0 Å². The first-order chi connectivity index (χ1) is 9.04. The van der Waals surface area contributed by atoms with E-state index >= 15 is 0 Å². The molecule has 0 amide bonds. The van der Waals surface area contributed by atoms with Crippen LogP contribution >= 0.6 is 0 Å². The molecule has 0 aliphatic heterocycles. The maximum absolute atomic E-state index is 11.1. The quantitative estimate of drug-likeness (QED) is 0.257. The van der Waals surface area contributed by atoms with Crippen LogP contribution in [0.2, 0.25) is 0 Å². The molecule has 19 heavy (non-hydrogen) atoms. The molecule has 0 unspecified atom stereocenters. The molecule has 0 saturated carbocycles. The van der Waals surface area contributed by atoms with Gasteiger partial charge in [0.05, 0.1) is 11.5 Å². The van der Waals surface area contributed by atoms with Crippen LogP contribution in [-0.2, 0) is 9.53 Å². The predicted octanol–water partition coefficient (Wildman–Crippen LogP) is 1.93. The van der Waals surface area contributed by atoms with Crippen LogP contribution in [-0.4, -0.2) is 24.0 Å². The third-order valence-electron chi connectivity index (χ3n) is 2.42. The number of esters is 1. The molecule has 0 aliphatic carbocycles. The number of hydrogen-bond acceptors (Lipinski definition) is 6. The topological polar surface area (TPSA) is 107 Å². The molecule has 0 aliphatic rings. The van der Waals surface area contributed by atoms with E-state index in [1.807, 2.05) is 0 Å². The second-order valence-electron chi connectivity index (χ2n) is 3.87. The number of nitrogen functional groups attached to an aromatic ring is 1. The SMILES string of the molecule is CCOC(=O)CCCNc1ccc([N+](=O)[O-])c(N)c1. The summed E-state index contributed by atoms with van der Waals surface area (Å²) >= 11 is 0. The number of rotatable bonds is 7. The highest BCUT2D eigenvalue weighted by Crippen LogP contribution is 2.24. The molecular formula is C12H17N3O4. The molecule has 0 heterocycles. The van der Waals surface area contributed by atoms with Gasteiger partial charge in [0.15, 0.2) is 0 Å². The molecule has 0 fully saturated rings. The highest BCUT2D eigenvalue weighted by Gasteiger charge is 2.10. The Morgan fingerprint density at radius 1 is 1.53 bits per heavy atom. The Bertz CT molecular complexity index is 462. The van der Waals surface area contributed by atoms with E-state index in [0.717, 1.165) is 0 Å². The number of ether oxygens (including phenoxy) is 1. The number of hydrogen-bond donors (Lipinski definition) is 2. The maximum atomic E-state index is 11.1. The summed E-state index contributed by atoms with van der Waals surface area (Å²) in [6.45, 7) is 2.71. The van der Waals surface area contributed by atoms with Crippen molar-refractivity contribution in [1.82, 2.24) is 0 Å². The highest BCUT2D eigenvalue weighted by atomic mass is 16.6. The average Bonchev–Trinajstić information content (AvgIpc) is 2.34. The monoisotopic (exact) mass is 267 g/mol. The molecular weight excluding hydrogens is 250 g/mol. The minimum atomic E-state index is -0.528. The third kappa shape index (κ3) is 4.82. The average molecular weight is 267 g/mol. The van der Waals surface area contributed by atoms with Gasteiger partial charge in [0, 0.05) is 24.7 Å². The summed E-state index contributed by atoms with van der Waals surface area (Å²) in [6.07, 6.45) is 0.957. The molecule has 0 atom stereocenters. The zero-order valence-corrected chi connectivity index (χ0v) is 10.7. The molecule has 1 aromatic rings. The molecule has 0 bridgehead atoms. The van der Waals surface area contributed by atoms with Crippen molar-refractivity contribution in [3.8, 4) is 0 Å². The number of carbonyl (C=O) groups is 1. The minimum absolute atomic E-state index is 0.111. The van der Waals surface area contributed by atoms with Crippen LogP contribution in [0, 0.1) is 10.1 Å². The maximum Gasteiger partial charge on any atom is 0.305 e. The lowest BCUT2D eigenvalue weighted by Gasteiger charge is -2.07. The number of nitro benzene ring substituents is 1. The molecule has 3 N–H and O–H groups in total. The van der Waals surface area contributed by atoms with Crippen LogP contribution in [0.25, 0.3) is 0 Å². The highest BCUT2D eigenvalue weighted by molar-refractivity contribution is 5.69. The zero-order valence-electron chi connectivity index (χ0n) is 10.7. The van der Waals surface area contributed by atoms with Crippen LogP contribution in [0.4, 0.5) is 17.1 Å². The van der Waals surface area contributed by atoms with Crippen LogP contribution in [0.1, 0.15) is 19.8 Å². The molecule has 7 nitrogen and oxygen atoms in total. The normalized spacial score (nSPS) is 9.95. The van der Waals surface area contributed by atoms with Gasteiger partial charge < -0.3 is 15.8 Å². The summed E-state index contributed by atoms with van der Waals surface area (Å²) < 4.78 is 4.79. The number of nitrogens with zero attached hydrogens (tertiary/aromatic N) is 1. The standard InChI is InChI=1S/C12H17N3O4/c1-2-19-12(16)4-3-7-14-9-5-6-11(15(17)18)10(13)8-9/h5-6,8,14H,2-4,7,13H2,1H3. The Kier molecular flexibility index (Phi) is 5.59. The van der Waals surface area contributed by atoms with E-state index in [1.165, 1.54) is 12.1 Å². The third-order valence-corrected chi connectivity index (χ3v) is 2.42. The van der Waals surface area contributed by atoms with E-state index in [9.17, 15) is 14.9 Å². The zero-order chi connectivity index (χ0) is 14.3. The van der Waals surface area contributed by atoms with Gasteiger partial charge in [0.25, 0.3) is 5.69 Å². The van der Waals surface area contributed by atoms with E-state index in [2.05, 4.69) is 5.32 Å². The lowest BCUT2D eigenvalue weighted by atomic mass is 10.2. The molecule has 0 aromatic heterocycles. The number of benzene rings is 1. The summed E-state index contributed by atoms with van der Waals surface area (Å²) in [4.78, 5) is 21.1. The summed E-state index contributed by atoms with van der Waals surface area (Å²) in [5.74, 6) is -0.229. The van der Waals surface area contributed by atoms with Crippen LogP contribution < -0.4 is 11.1 Å². The van der Waals surface area contributed by atoms with Crippen molar-refractivity contribution in [2.45, 2.75) is 19.8 Å². The van der Waals surface area contributed by atoms with Crippen LogP contribution in [0.3, 0.4) is 0 Å². The van der Waals surface area contributed by atoms with Crippen molar-refractivity contribution in [2.24, 2.45) is 0 Å². The number of nitrogens with one attached hydrogen (secondary N) is 1. The minimum Gasteiger partial charge on any atom is -0.466 e. The van der Waals surface area contributed by atoms with Crippen molar-refractivity contribution in [3.63, 3.8) is 0 Å². The van der Waals surface area contributed by atoms with Gasteiger partial charge >= 0.3 is 5.97 Å². The van der Waals surface area contributed by atoms with Gasteiger partial charge in [0.2, 0.25) is 0 Å². The van der Waals surface area contributed by atoms with E-state index in [0.29, 0.717) is 31.7 Å². The van der Waals surface area contributed by atoms with Gasteiger partial charge in [-0.25, -0.2) is 0 Å². The fourth-order valence-corrected chi connectivity index (χ4v) is 1.53. The Morgan fingerprint density at radius 3 is 2.84 bits per heavy atom. The Morgan fingerprint density at radius 2 is 2.26 bits per heavy atom. The summed E-state index contributed by atoms with van der Waals surface area (Å²) in [5, 5.41) is 13.6. The Hall–Kier alpha value is -2.31. The smallest absolute Gasteiger partial charge is 0.305 e. The first-order valence-electron chi connectivity index (χ1n) is 5.98. The van der Waals surface area contributed by atoms with Crippen molar-refractivity contribution in [1.29, 1.82) is 0 Å².